The first-order chi connectivity index (χ1) is 10.4. The summed E-state index contributed by atoms with van der Waals surface area (Å²) in [5, 5.41) is 3.58. The van der Waals surface area contributed by atoms with Crippen molar-refractivity contribution in [1.82, 2.24) is 9.78 Å². The van der Waals surface area contributed by atoms with E-state index >= 15 is 0 Å². The highest BCUT2D eigenvalue weighted by molar-refractivity contribution is 7.89. The zero-order chi connectivity index (χ0) is 15.7. The van der Waals surface area contributed by atoms with Gasteiger partial charge in [0.25, 0.3) is 0 Å². The average molecular weight is 326 g/mol. The Morgan fingerprint density at radius 1 is 1.23 bits per heavy atom. The van der Waals surface area contributed by atoms with Gasteiger partial charge in [0, 0.05) is 6.20 Å². The zero-order valence-electron chi connectivity index (χ0n) is 11.8. The summed E-state index contributed by atoms with van der Waals surface area (Å²) in [5.41, 5.74) is 2.05. The average Bonchev–Trinajstić information content (AvgIpc) is 3.19. The van der Waals surface area contributed by atoms with Crippen LogP contribution in [0.5, 0.6) is 0 Å². The van der Waals surface area contributed by atoms with E-state index in [9.17, 15) is 17.2 Å². The number of nitrogens with zero attached hydrogens (tertiary/aromatic N) is 2. The maximum atomic E-state index is 12.4. The highest BCUT2D eigenvalue weighted by Crippen LogP contribution is 2.40. The van der Waals surface area contributed by atoms with Gasteiger partial charge >= 0.3 is 6.55 Å². The Kier molecular flexibility index (Phi) is 3.99. The minimum Gasteiger partial charge on any atom is -0.228 e. The van der Waals surface area contributed by atoms with Gasteiger partial charge in [-0.2, -0.15) is 13.9 Å². The van der Waals surface area contributed by atoms with E-state index < -0.39 is 16.4 Å². The molecule has 0 N–H and O–H groups in total. The summed E-state index contributed by atoms with van der Waals surface area (Å²) in [7, 11) is -3.44. The number of aromatic nitrogens is 2. The highest BCUT2D eigenvalue weighted by atomic mass is 32.2. The molecule has 0 saturated heterocycles. The monoisotopic (exact) mass is 326 g/mol. The van der Waals surface area contributed by atoms with E-state index in [1.54, 1.807) is 6.07 Å². The first-order valence-electron chi connectivity index (χ1n) is 7.04. The molecule has 1 aromatic carbocycles. The maximum absolute atomic E-state index is 12.4. The Bertz CT molecular complexity index is 767. The van der Waals surface area contributed by atoms with Crippen molar-refractivity contribution in [2.45, 2.75) is 36.8 Å². The van der Waals surface area contributed by atoms with Crippen LogP contribution in [0.4, 0.5) is 8.78 Å². The molecule has 1 heterocycles. The molecular weight excluding hydrogens is 310 g/mol. The van der Waals surface area contributed by atoms with Gasteiger partial charge in [-0.1, -0.05) is 24.3 Å². The molecule has 4 nitrogen and oxygen atoms in total. The lowest BCUT2D eigenvalue weighted by atomic mass is 10.1. The van der Waals surface area contributed by atoms with E-state index in [2.05, 4.69) is 5.10 Å². The number of halogens is 2. The Labute approximate surface area is 127 Å². The highest BCUT2D eigenvalue weighted by Gasteiger charge is 2.24. The van der Waals surface area contributed by atoms with Crippen LogP contribution in [0.25, 0.3) is 0 Å². The predicted molar refractivity (Wildman–Crippen MR) is 78.2 cm³/mol. The molecule has 22 heavy (non-hydrogen) atoms. The first-order valence-corrected chi connectivity index (χ1v) is 8.86. The maximum Gasteiger partial charge on any atom is 0.333 e. The smallest absolute Gasteiger partial charge is 0.228 e. The second-order valence-electron chi connectivity index (χ2n) is 5.62. The molecule has 0 unspecified atom stereocenters. The summed E-state index contributed by atoms with van der Waals surface area (Å²) >= 11 is 0. The van der Waals surface area contributed by atoms with Crippen LogP contribution in [0.1, 0.15) is 42.1 Å². The number of benzene rings is 1. The molecule has 0 radical (unpaired) electrons. The summed E-state index contributed by atoms with van der Waals surface area (Å²) in [6, 6.07) is 8.89. The van der Waals surface area contributed by atoms with Crippen molar-refractivity contribution in [3.8, 4) is 0 Å². The Morgan fingerprint density at radius 2 is 2.00 bits per heavy atom. The third-order valence-corrected chi connectivity index (χ3v) is 5.13. The van der Waals surface area contributed by atoms with E-state index in [-0.39, 0.29) is 17.2 Å². The van der Waals surface area contributed by atoms with Gasteiger partial charge in [-0.15, -0.1) is 0 Å². The molecule has 3 rings (SSSR count). The summed E-state index contributed by atoms with van der Waals surface area (Å²) in [4.78, 5) is 0. The predicted octanol–water partition coefficient (Wildman–Crippen LogP) is 3.27. The lowest BCUT2D eigenvalue weighted by Crippen LogP contribution is -2.09. The molecule has 0 aliphatic heterocycles. The Balaban J connectivity index is 1.71. The fourth-order valence-corrected chi connectivity index (χ4v) is 3.84. The van der Waals surface area contributed by atoms with Gasteiger partial charge in [0.2, 0.25) is 0 Å². The number of sulfone groups is 1. The molecule has 1 saturated carbocycles. The van der Waals surface area contributed by atoms with Crippen molar-refractivity contribution in [3.63, 3.8) is 0 Å². The third kappa shape index (κ3) is 3.71. The van der Waals surface area contributed by atoms with E-state index in [1.807, 2.05) is 18.2 Å². The second-order valence-corrected chi connectivity index (χ2v) is 7.68. The molecule has 118 valence electrons. The molecule has 7 heteroatoms. The summed E-state index contributed by atoms with van der Waals surface area (Å²) < 4.78 is 49.7. The van der Waals surface area contributed by atoms with Crippen LogP contribution in [-0.2, 0) is 21.3 Å². The molecule has 2 aromatic rings. The van der Waals surface area contributed by atoms with E-state index in [4.69, 9.17) is 0 Å². The number of alkyl halides is 2. The van der Waals surface area contributed by atoms with E-state index in [1.165, 1.54) is 11.6 Å². The summed E-state index contributed by atoms with van der Waals surface area (Å²) in [6.45, 7) is -2.76. The van der Waals surface area contributed by atoms with Crippen LogP contribution >= 0.6 is 0 Å². The fourth-order valence-electron chi connectivity index (χ4n) is 2.45. The SMILES string of the molecule is O=S(=O)(Cc1cccc(C2CC2)c1)Cc1ccn(C(F)F)n1. The first kappa shape index (κ1) is 15.1. The van der Waals surface area contributed by atoms with Crippen molar-refractivity contribution < 1.29 is 17.2 Å². The summed E-state index contributed by atoms with van der Waals surface area (Å²) in [6.07, 6.45) is 3.39. The van der Waals surface area contributed by atoms with Gasteiger partial charge in [0.15, 0.2) is 9.84 Å². The molecule has 0 atom stereocenters. The van der Waals surface area contributed by atoms with Gasteiger partial charge in [0.1, 0.15) is 0 Å². The standard InChI is InChI=1S/C15H16F2N2O2S/c16-15(17)19-7-6-14(18-19)10-22(20,21)9-11-2-1-3-13(8-11)12-4-5-12/h1-3,6-8,12,15H,4-5,9-10H2. The van der Waals surface area contributed by atoms with Crippen LogP contribution in [0, 0.1) is 0 Å². The van der Waals surface area contributed by atoms with Gasteiger partial charge in [0.05, 0.1) is 17.2 Å². The normalized spacial score (nSPS) is 15.4. The molecule has 1 aromatic heterocycles. The molecule has 0 spiro atoms. The Morgan fingerprint density at radius 3 is 2.64 bits per heavy atom. The van der Waals surface area contributed by atoms with Crippen LogP contribution < -0.4 is 0 Å². The molecule has 1 aliphatic carbocycles. The van der Waals surface area contributed by atoms with Gasteiger partial charge < -0.3 is 0 Å². The van der Waals surface area contributed by atoms with Crippen LogP contribution in [0.15, 0.2) is 36.5 Å². The topological polar surface area (TPSA) is 52.0 Å². The largest absolute Gasteiger partial charge is 0.333 e. The fraction of sp³-hybridized carbons (Fsp3) is 0.400. The van der Waals surface area contributed by atoms with Crippen molar-refractivity contribution in [1.29, 1.82) is 0 Å². The number of hydrogen-bond acceptors (Lipinski definition) is 3. The lowest BCUT2D eigenvalue weighted by molar-refractivity contribution is 0.0562. The second kappa shape index (κ2) is 5.79. The molecule has 0 amide bonds. The van der Waals surface area contributed by atoms with Crippen molar-refractivity contribution in [3.05, 3.63) is 53.3 Å². The number of hydrogen-bond donors (Lipinski definition) is 0. The minimum absolute atomic E-state index is 0.102. The quantitative estimate of drug-likeness (QED) is 0.818. The molecular formula is C15H16F2N2O2S. The minimum atomic E-state index is -3.44. The molecule has 0 bridgehead atoms. The van der Waals surface area contributed by atoms with Crippen molar-refractivity contribution in [2.24, 2.45) is 0 Å². The molecule has 1 aliphatic rings. The third-order valence-electron chi connectivity index (χ3n) is 3.62. The van der Waals surface area contributed by atoms with Gasteiger partial charge in [-0.3, -0.25) is 0 Å². The van der Waals surface area contributed by atoms with Gasteiger partial charge in [-0.05, 0) is 36.0 Å². The van der Waals surface area contributed by atoms with Crippen molar-refractivity contribution in [2.75, 3.05) is 0 Å². The van der Waals surface area contributed by atoms with E-state index in [0.29, 0.717) is 10.6 Å². The van der Waals surface area contributed by atoms with Crippen LogP contribution in [0.3, 0.4) is 0 Å². The van der Waals surface area contributed by atoms with Crippen LogP contribution in [0.2, 0.25) is 0 Å². The molecule has 1 fully saturated rings. The van der Waals surface area contributed by atoms with Crippen LogP contribution in [-0.4, -0.2) is 18.2 Å². The van der Waals surface area contributed by atoms with Gasteiger partial charge in [-0.25, -0.2) is 13.1 Å². The Hall–Kier alpha value is -1.76. The number of rotatable bonds is 6. The zero-order valence-corrected chi connectivity index (χ0v) is 12.6. The van der Waals surface area contributed by atoms with Crippen molar-refractivity contribution >= 4 is 9.84 Å². The lowest BCUT2D eigenvalue weighted by Gasteiger charge is -2.05. The summed E-state index contributed by atoms with van der Waals surface area (Å²) in [5.74, 6) is 0.125. The van der Waals surface area contributed by atoms with E-state index in [0.717, 1.165) is 24.6 Å².